The maximum atomic E-state index is 13.4. The molecule has 1 rings (SSSR count). The first-order valence-corrected chi connectivity index (χ1v) is 5.13. The van der Waals surface area contributed by atoms with Gasteiger partial charge in [-0.3, -0.25) is 4.79 Å². The number of anilines is 1. The molecule has 0 amide bonds. The third-order valence-electron chi connectivity index (χ3n) is 2.08. The summed E-state index contributed by atoms with van der Waals surface area (Å²) in [5, 5.41) is 0. The molecule has 0 atom stereocenters. The van der Waals surface area contributed by atoms with Crippen molar-refractivity contribution >= 4 is 11.7 Å². The molecule has 0 radical (unpaired) electrons. The number of nitrogens with two attached hydrogens (primary N) is 1. The Bertz CT molecular complexity index is 438. The second-order valence-electron chi connectivity index (χ2n) is 3.30. The number of hydrogen-bond donors (Lipinski definition) is 1. The van der Waals surface area contributed by atoms with E-state index in [-0.39, 0.29) is 17.9 Å². The Labute approximate surface area is 101 Å². The van der Waals surface area contributed by atoms with E-state index in [0.717, 1.165) is 6.07 Å². The fraction of sp³-hybridized carbons (Fsp3) is 0.364. The molecule has 0 spiro atoms. The summed E-state index contributed by atoms with van der Waals surface area (Å²) >= 11 is 0. The lowest BCUT2D eigenvalue weighted by Crippen LogP contribution is -2.13. The zero-order chi connectivity index (χ0) is 13.7. The van der Waals surface area contributed by atoms with Crippen molar-refractivity contribution in [1.29, 1.82) is 0 Å². The second-order valence-corrected chi connectivity index (χ2v) is 3.30. The van der Waals surface area contributed by atoms with E-state index in [1.165, 1.54) is 6.07 Å². The van der Waals surface area contributed by atoms with Crippen LogP contribution >= 0.6 is 0 Å². The Hall–Kier alpha value is -1.92. The molecule has 0 heterocycles. The SMILES string of the molecule is CCOC(=O)Cc1c(N)ccc(F)c1OC(F)F. The predicted molar refractivity (Wildman–Crippen MR) is 57.8 cm³/mol. The van der Waals surface area contributed by atoms with Gasteiger partial charge in [-0.05, 0) is 19.1 Å². The summed E-state index contributed by atoms with van der Waals surface area (Å²) in [6.07, 6.45) is -0.431. The third kappa shape index (κ3) is 3.54. The quantitative estimate of drug-likeness (QED) is 0.653. The molecular formula is C11H12F3NO3. The van der Waals surface area contributed by atoms with Gasteiger partial charge in [0, 0.05) is 11.3 Å². The van der Waals surface area contributed by atoms with E-state index < -0.39 is 30.6 Å². The van der Waals surface area contributed by atoms with Crippen molar-refractivity contribution < 1.29 is 27.4 Å². The minimum absolute atomic E-state index is 0.0138. The van der Waals surface area contributed by atoms with Crippen LogP contribution in [0.5, 0.6) is 5.75 Å². The maximum absolute atomic E-state index is 13.4. The largest absolute Gasteiger partial charge is 0.466 e. The highest BCUT2D eigenvalue weighted by molar-refractivity contribution is 5.76. The van der Waals surface area contributed by atoms with Gasteiger partial charge in [0.25, 0.3) is 0 Å². The lowest BCUT2D eigenvalue weighted by atomic mass is 10.1. The van der Waals surface area contributed by atoms with Crippen molar-refractivity contribution in [2.75, 3.05) is 12.3 Å². The second kappa shape index (κ2) is 6.13. The number of ether oxygens (including phenoxy) is 2. The van der Waals surface area contributed by atoms with Gasteiger partial charge < -0.3 is 15.2 Å². The standard InChI is InChI=1S/C11H12F3NO3/c1-2-17-9(16)5-6-8(15)4-3-7(12)10(6)18-11(13)14/h3-4,11H,2,5,15H2,1H3. The molecule has 1 aromatic carbocycles. The molecule has 0 aliphatic heterocycles. The smallest absolute Gasteiger partial charge is 0.387 e. The van der Waals surface area contributed by atoms with Gasteiger partial charge in [-0.2, -0.15) is 8.78 Å². The number of hydrogen-bond acceptors (Lipinski definition) is 4. The van der Waals surface area contributed by atoms with Gasteiger partial charge in [0.05, 0.1) is 13.0 Å². The molecule has 7 heteroatoms. The molecule has 100 valence electrons. The zero-order valence-corrected chi connectivity index (χ0v) is 9.58. The summed E-state index contributed by atoms with van der Waals surface area (Å²) in [4.78, 5) is 11.3. The van der Waals surface area contributed by atoms with Gasteiger partial charge in [0.1, 0.15) is 0 Å². The lowest BCUT2D eigenvalue weighted by Gasteiger charge is -2.13. The normalized spacial score (nSPS) is 10.5. The molecule has 0 aliphatic rings. The minimum Gasteiger partial charge on any atom is -0.466 e. The van der Waals surface area contributed by atoms with Gasteiger partial charge in [0.2, 0.25) is 0 Å². The van der Waals surface area contributed by atoms with Crippen LogP contribution in [0.25, 0.3) is 0 Å². The number of esters is 1. The van der Waals surface area contributed by atoms with Crippen molar-refractivity contribution in [3.05, 3.63) is 23.5 Å². The van der Waals surface area contributed by atoms with Crippen LogP contribution in [0.4, 0.5) is 18.9 Å². The van der Waals surface area contributed by atoms with Crippen molar-refractivity contribution in [2.45, 2.75) is 20.0 Å². The fourth-order valence-corrected chi connectivity index (χ4v) is 1.37. The number of halogens is 3. The van der Waals surface area contributed by atoms with Crippen molar-refractivity contribution in [3.8, 4) is 5.75 Å². The molecule has 0 aromatic heterocycles. The van der Waals surface area contributed by atoms with Gasteiger partial charge in [-0.15, -0.1) is 0 Å². The van der Waals surface area contributed by atoms with Crippen LogP contribution in [0, 0.1) is 5.82 Å². The van der Waals surface area contributed by atoms with Crippen LogP contribution < -0.4 is 10.5 Å². The van der Waals surface area contributed by atoms with E-state index in [0.29, 0.717) is 0 Å². The first kappa shape index (κ1) is 14.1. The molecule has 0 saturated heterocycles. The molecule has 1 aromatic rings. The lowest BCUT2D eigenvalue weighted by molar-refractivity contribution is -0.142. The molecule has 4 nitrogen and oxygen atoms in total. The van der Waals surface area contributed by atoms with E-state index in [2.05, 4.69) is 9.47 Å². The van der Waals surface area contributed by atoms with E-state index in [4.69, 9.17) is 5.73 Å². The Morgan fingerprint density at radius 1 is 1.44 bits per heavy atom. The van der Waals surface area contributed by atoms with E-state index in [1.54, 1.807) is 6.92 Å². The summed E-state index contributed by atoms with van der Waals surface area (Å²) in [6.45, 7) is -1.50. The van der Waals surface area contributed by atoms with Crippen LogP contribution in [0.15, 0.2) is 12.1 Å². The number of rotatable bonds is 5. The topological polar surface area (TPSA) is 61.5 Å². The Balaban J connectivity index is 3.06. The highest BCUT2D eigenvalue weighted by Crippen LogP contribution is 2.30. The molecule has 0 fully saturated rings. The van der Waals surface area contributed by atoms with Gasteiger partial charge in [-0.1, -0.05) is 0 Å². The number of alkyl halides is 2. The Kier molecular flexibility index (Phi) is 4.82. The number of benzene rings is 1. The Morgan fingerprint density at radius 3 is 2.67 bits per heavy atom. The molecule has 18 heavy (non-hydrogen) atoms. The van der Waals surface area contributed by atoms with Crippen molar-refractivity contribution in [2.24, 2.45) is 0 Å². The predicted octanol–water partition coefficient (Wildman–Crippen LogP) is 2.11. The van der Waals surface area contributed by atoms with Crippen molar-refractivity contribution in [3.63, 3.8) is 0 Å². The fourth-order valence-electron chi connectivity index (χ4n) is 1.37. The molecule has 0 bridgehead atoms. The van der Waals surface area contributed by atoms with Crippen LogP contribution in [-0.4, -0.2) is 19.2 Å². The number of nitrogen functional groups attached to an aromatic ring is 1. The number of carbonyl (C=O) groups excluding carboxylic acids is 1. The molecule has 2 N–H and O–H groups in total. The van der Waals surface area contributed by atoms with Gasteiger partial charge >= 0.3 is 12.6 Å². The summed E-state index contributed by atoms with van der Waals surface area (Å²) in [6, 6.07) is 2.06. The average molecular weight is 263 g/mol. The van der Waals surface area contributed by atoms with Crippen LogP contribution in [-0.2, 0) is 16.0 Å². The summed E-state index contributed by atoms with van der Waals surface area (Å²) in [5.74, 6) is -2.43. The zero-order valence-electron chi connectivity index (χ0n) is 9.58. The van der Waals surface area contributed by atoms with E-state index >= 15 is 0 Å². The number of carbonyl (C=O) groups is 1. The summed E-state index contributed by atoms with van der Waals surface area (Å²) in [7, 11) is 0. The van der Waals surface area contributed by atoms with Crippen molar-refractivity contribution in [1.82, 2.24) is 0 Å². The maximum Gasteiger partial charge on any atom is 0.387 e. The summed E-state index contributed by atoms with van der Waals surface area (Å²) < 4.78 is 46.3. The van der Waals surface area contributed by atoms with E-state index in [9.17, 15) is 18.0 Å². The van der Waals surface area contributed by atoms with Crippen LogP contribution in [0.2, 0.25) is 0 Å². The Morgan fingerprint density at radius 2 is 2.11 bits per heavy atom. The molecule has 0 unspecified atom stereocenters. The van der Waals surface area contributed by atoms with Gasteiger partial charge in [-0.25, -0.2) is 4.39 Å². The van der Waals surface area contributed by atoms with Gasteiger partial charge in [0.15, 0.2) is 11.6 Å². The molecular weight excluding hydrogens is 251 g/mol. The highest BCUT2D eigenvalue weighted by atomic mass is 19.3. The molecule has 0 saturated carbocycles. The third-order valence-corrected chi connectivity index (χ3v) is 2.08. The monoisotopic (exact) mass is 263 g/mol. The highest BCUT2D eigenvalue weighted by Gasteiger charge is 2.20. The first-order valence-electron chi connectivity index (χ1n) is 5.13. The van der Waals surface area contributed by atoms with E-state index in [1.807, 2.05) is 0 Å². The first-order chi connectivity index (χ1) is 8.45. The summed E-state index contributed by atoms with van der Waals surface area (Å²) in [5.41, 5.74) is 5.35. The van der Waals surface area contributed by atoms with Crippen LogP contribution in [0.3, 0.4) is 0 Å². The van der Waals surface area contributed by atoms with Crippen LogP contribution in [0.1, 0.15) is 12.5 Å². The minimum atomic E-state index is -3.21. The average Bonchev–Trinajstić information content (AvgIpc) is 2.28. The molecule has 0 aliphatic carbocycles.